The van der Waals surface area contributed by atoms with Gasteiger partial charge in [-0.15, -0.1) is 24.0 Å². The molecule has 0 saturated heterocycles. The topological polar surface area (TPSA) is 67.8 Å². The third kappa shape index (κ3) is 5.77. The van der Waals surface area contributed by atoms with Crippen molar-refractivity contribution < 1.29 is 9.47 Å². The fourth-order valence-electron chi connectivity index (χ4n) is 2.50. The molecular formula is C18H23IN4O2. The number of fused-ring (bicyclic) bond motifs is 1. The van der Waals surface area contributed by atoms with E-state index < -0.39 is 0 Å². The van der Waals surface area contributed by atoms with E-state index in [0.29, 0.717) is 6.79 Å². The zero-order valence-corrected chi connectivity index (χ0v) is 16.5. The third-order valence-electron chi connectivity index (χ3n) is 3.77. The molecule has 0 spiro atoms. The number of halogens is 1. The van der Waals surface area contributed by atoms with Crippen LogP contribution in [-0.4, -0.2) is 37.9 Å². The highest BCUT2D eigenvalue weighted by Crippen LogP contribution is 2.32. The van der Waals surface area contributed by atoms with Crippen molar-refractivity contribution in [1.29, 1.82) is 0 Å². The number of ether oxygens (including phenoxy) is 2. The molecule has 2 aromatic rings. The average molecular weight is 454 g/mol. The lowest BCUT2D eigenvalue weighted by Crippen LogP contribution is -2.39. The molecule has 0 saturated carbocycles. The lowest BCUT2D eigenvalue weighted by atomic mass is 10.1. The first-order chi connectivity index (χ1) is 11.8. The maximum absolute atomic E-state index is 5.40. The number of guanidine groups is 1. The van der Waals surface area contributed by atoms with E-state index in [2.05, 4.69) is 26.7 Å². The summed E-state index contributed by atoms with van der Waals surface area (Å²) in [7, 11) is 1.77. The number of nitrogens with one attached hydrogen (secondary N) is 2. The Balaban J connectivity index is 0.00000225. The Morgan fingerprint density at radius 1 is 1.08 bits per heavy atom. The van der Waals surface area contributed by atoms with E-state index >= 15 is 0 Å². The van der Waals surface area contributed by atoms with Gasteiger partial charge in [0.25, 0.3) is 0 Å². The predicted octanol–water partition coefficient (Wildman–Crippen LogP) is 2.38. The molecule has 134 valence electrons. The van der Waals surface area contributed by atoms with Crippen LogP contribution in [0.4, 0.5) is 0 Å². The number of aliphatic imine (C=N–C) groups is 1. The molecule has 1 aromatic heterocycles. The maximum Gasteiger partial charge on any atom is 0.231 e. The van der Waals surface area contributed by atoms with Gasteiger partial charge in [-0.05, 0) is 36.2 Å². The van der Waals surface area contributed by atoms with Gasteiger partial charge in [-0.1, -0.05) is 12.1 Å². The molecule has 0 bridgehead atoms. The molecule has 0 fully saturated rings. The summed E-state index contributed by atoms with van der Waals surface area (Å²) in [6.45, 7) is 1.90. The largest absolute Gasteiger partial charge is 0.454 e. The normalized spacial score (nSPS) is 12.4. The summed E-state index contributed by atoms with van der Waals surface area (Å²) in [5, 5.41) is 6.62. The molecule has 7 heteroatoms. The van der Waals surface area contributed by atoms with Gasteiger partial charge in [0.05, 0.1) is 0 Å². The highest BCUT2D eigenvalue weighted by Gasteiger charge is 2.12. The Bertz CT molecular complexity index is 695. The van der Waals surface area contributed by atoms with E-state index in [4.69, 9.17) is 9.47 Å². The highest BCUT2D eigenvalue weighted by atomic mass is 127. The van der Waals surface area contributed by atoms with Crippen LogP contribution in [0.25, 0.3) is 0 Å². The zero-order valence-electron chi connectivity index (χ0n) is 14.2. The molecule has 2 heterocycles. The Labute approximate surface area is 165 Å². The van der Waals surface area contributed by atoms with Crippen molar-refractivity contribution in [2.24, 2.45) is 4.99 Å². The van der Waals surface area contributed by atoms with Gasteiger partial charge in [0, 0.05) is 38.4 Å². The number of aromatic nitrogens is 1. The van der Waals surface area contributed by atoms with Gasteiger partial charge >= 0.3 is 0 Å². The Hall–Kier alpha value is -2.03. The van der Waals surface area contributed by atoms with Gasteiger partial charge in [-0.2, -0.15) is 0 Å². The van der Waals surface area contributed by atoms with E-state index in [1.807, 2.05) is 36.5 Å². The fourth-order valence-corrected chi connectivity index (χ4v) is 2.50. The van der Waals surface area contributed by atoms with Crippen LogP contribution < -0.4 is 20.1 Å². The van der Waals surface area contributed by atoms with Crippen molar-refractivity contribution in [2.75, 3.05) is 26.9 Å². The maximum atomic E-state index is 5.40. The van der Waals surface area contributed by atoms with Crippen LogP contribution in [0.3, 0.4) is 0 Å². The van der Waals surface area contributed by atoms with Gasteiger partial charge in [-0.25, -0.2) is 0 Å². The molecule has 1 aliphatic heterocycles. The molecular weight excluding hydrogens is 431 g/mol. The van der Waals surface area contributed by atoms with Crippen LogP contribution in [0.5, 0.6) is 11.5 Å². The molecule has 2 N–H and O–H groups in total. The zero-order chi connectivity index (χ0) is 16.6. The Morgan fingerprint density at radius 2 is 1.88 bits per heavy atom. The molecule has 1 aliphatic rings. The van der Waals surface area contributed by atoms with Crippen LogP contribution in [0, 0.1) is 0 Å². The Morgan fingerprint density at radius 3 is 2.64 bits per heavy atom. The second kappa shape index (κ2) is 10.1. The monoisotopic (exact) mass is 454 g/mol. The number of rotatable bonds is 6. The molecule has 0 amide bonds. The van der Waals surface area contributed by atoms with Crippen molar-refractivity contribution >= 4 is 29.9 Å². The quantitative estimate of drug-likeness (QED) is 0.399. The molecule has 0 aliphatic carbocycles. The molecule has 3 rings (SSSR count). The van der Waals surface area contributed by atoms with Gasteiger partial charge in [0.2, 0.25) is 6.79 Å². The highest BCUT2D eigenvalue weighted by molar-refractivity contribution is 14.0. The number of nitrogens with zero attached hydrogens (tertiary/aromatic N) is 2. The van der Waals surface area contributed by atoms with E-state index in [-0.39, 0.29) is 24.0 Å². The predicted molar refractivity (Wildman–Crippen MR) is 109 cm³/mol. The molecule has 25 heavy (non-hydrogen) atoms. The summed E-state index contributed by atoms with van der Waals surface area (Å²) in [6.07, 6.45) is 3.56. The smallest absolute Gasteiger partial charge is 0.231 e. The summed E-state index contributed by atoms with van der Waals surface area (Å²) in [4.78, 5) is 8.55. The standard InChI is InChI=1S/C18H22N4O2.HI/c1-19-18(22-11-8-15-4-2-3-9-20-15)21-10-7-14-5-6-16-17(12-14)24-13-23-16;/h2-6,9,12H,7-8,10-11,13H2,1H3,(H2,19,21,22);1H. The number of pyridine rings is 1. The van der Waals surface area contributed by atoms with Gasteiger partial charge < -0.3 is 20.1 Å². The van der Waals surface area contributed by atoms with E-state index in [0.717, 1.165) is 49.1 Å². The van der Waals surface area contributed by atoms with Crippen molar-refractivity contribution in [3.05, 3.63) is 53.9 Å². The first-order valence-electron chi connectivity index (χ1n) is 8.08. The molecule has 1 aromatic carbocycles. The minimum atomic E-state index is 0. The van der Waals surface area contributed by atoms with E-state index in [1.165, 1.54) is 5.56 Å². The molecule has 0 unspecified atom stereocenters. The minimum Gasteiger partial charge on any atom is -0.454 e. The van der Waals surface area contributed by atoms with E-state index in [1.54, 1.807) is 7.05 Å². The lowest BCUT2D eigenvalue weighted by Gasteiger charge is -2.12. The SMILES string of the molecule is CN=C(NCCc1ccc2c(c1)OCO2)NCCc1ccccn1.I. The van der Waals surface area contributed by atoms with Gasteiger partial charge in [0.15, 0.2) is 17.5 Å². The Kier molecular flexibility index (Phi) is 7.77. The van der Waals surface area contributed by atoms with Crippen LogP contribution >= 0.6 is 24.0 Å². The summed E-state index contributed by atoms with van der Waals surface area (Å²) >= 11 is 0. The number of hydrogen-bond donors (Lipinski definition) is 2. The summed E-state index contributed by atoms with van der Waals surface area (Å²) < 4.78 is 10.7. The minimum absolute atomic E-state index is 0. The average Bonchev–Trinajstić information content (AvgIpc) is 3.09. The van der Waals surface area contributed by atoms with Crippen molar-refractivity contribution in [3.8, 4) is 11.5 Å². The van der Waals surface area contributed by atoms with Crippen LogP contribution in [0.1, 0.15) is 11.3 Å². The van der Waals surface area contributed by atoms with Crippen LogP contribution in [0.15, 0.2) is 47.6 Å². The molecule has 0 radical (unpaired) electrons. The van der Waals surface area contributed by atoms with Crippen LogP contribution in [-0.2, 0) is 12.8 Å². The first-order valence-corrected chi connectivity index (χ1v) is 8.08. The second-order valence-corrected chi connectivity index (χ2v) is 5.43. The third-order valence-corrected chi connectivity index (χ3v) is 3.77. The second-order valence-electron chi connectivity index (χ2n) is 5.43. The molecule has 6 nitrogen and oxygen atoms in total. The summed E-state index contributed by atoms with van der Waals surface area (Å²) in [5.74, 6) is 2.44. The number of hydrogen-bond acceptors (Lipinski definition) is 4. The lowest BCUT2D eigenvalue weighted by molar-refractivity contribution is 0.174. The van der Waals surface area contributed by atoms with Gasteiger partial charge in [-0.3, -0.25) is 9.98 Å². The van der Waals surface area contributed by atoms with Crippen molar-refractivity contribution in [3.63, 3.8) is 0 Å². The van der Waals surface area contributed by atoms with Crippen molar-refractivity contribution in [2.45, 2.75) is 12.8 Å². The van der Waals surface area contributed by atoms with E-state index in [9.17, 15) is 0 Å². The fraction of sp³-hybridized carbons (Fsp3) is 0.333. The van der Waals surface area contributed by atoms with Crippen LogP contribution in [0.2, 0.25) is 0 Å². The number of benzene rings is 1. The van der Waals surface area contributed by atoms with Crippen molar-refractivity contribution in [1.82, 2.24) is 15.6 Å². The summed E-state index contributed by atoms with van der Waals surface area (Å²) in [6, 6.07) is 12.0. The molecule has 0 atom stereocenters. The van der Waals surface area contributed by atoms with Gasteiger partial charge in [0.1, 0.15) is 0 Å². The first kappa shape index (κ1) is 19.3. The summed E-state index contributed by atoms with van der Waals surface area (Å²) in [5.41, 5.74) is 2.27.